The van der Waals surface area contributed by atoms with Gasteiger partial charge >= 0.3 is 6.18 Å². The third-order valence-electron chi connectivity index (χ3n) is 3.57. The van der Waals surface area contributed by atoms with E-state index >= 15 is 0 Å². The molecule has 0 saturated carbocycles. The van der Waals surface area contributed by atoms with Crippen LogP contribution in [0.3, 0.4) is 0 Å². The van der Waals surface area contributed by atoms with Gasteiger partial charge in [-0.05, 0) is 31.5 Å². The molecule has 1 heterocycles. The molecule has 0 spiro atoms. The van der Waals surface area contributed by atoms with Crippen molar-refractivity contribution in [3.05, 3.63) is 33.9 Å². The Morgan fingerprint density at radius 3 is 2.71 bits per heavy atom. The van der Waals surface area contributed by atoms with Crippen LogP contribution in [0.4, 0.5) is 24.5 Å². The number of rotatable bonds is 4. The molecular formula is C13H16F3N3O2. The molecule has 0 aliphatic carbocycles. The van der Waals surface area contributed by atoms with Gasteiger partial charge in [0.25, 0.3) is 5.69 Å². The van der Waals surface area contributed by atoms with E-state index in [2.05, 4.69) is 5.32 Å². The van der Waals surface area contributed by atoms with Crippen LogP contribution in [-0.4, -0.2) is 31.1 Å². The Morgan fingerprint density at radius 1 is 1.48 bits per heavy atom. The summed E-state index contributed by atoms with van der Waals surface area (Å²) in [6, 6.07) is 2.84. The molecule has 21 heavy (non-hydrogen) atoms. The molecule has 1 fully saturated rings. The normalized spacial score (nSPS) is 18.8. The number of nitrogens with zero attached hydrogens (tertiary/aromatic N) is 2. The van der Waals surface area contributed by atoms with Crippen LogP contribution in [0.2, 0.25) is 0 Å². The van der Waals surface area contributed by atoms with Gasteiger partial charge < -0.3 is 10.2 Å². The maximum atomic E-state index is 12.6. The number of hydrogen-bond acceptors (Lipinski definition) is 4. The monoisotopic (exact) mass is 303 g/mol. The average Bonchev–Trinajstić information content (AvgIpc) is 2.89. The zero-order valence-corrected chi connectivity index (χ0v) is 11.5. The van der Waals surface area contributed by atoms with Gasteiger partial charge in [0.15, 0.2) is 0 Å². The Morgan fingerprint density at radius 2 is 2.19 bits per heavy atom. The number of nitro groups is 1. The summed E-state index contributed by atoms with van der Waals surface area (Å²) < 4.78 is 37.9. The summed E-state index contributed by atoms with van der Waals surface area (Å²) in [4.78, 5) is 11.9. The summed E-state index contributed by atoms with van der Waals surface area (Å²) in [5, 5.41) is 14.3. The zero-order valence-electron chi connectivity index (χ0n) is 11.5. The summed E-state index contributed by atoms with van der Waals surface area (Å²) in [6.45, 7) is 1.42. The van der Waals surface area contributed by atoms with Crippen LogP contribution in [0, 0.1) is 10.1 Å². The lowest BCUT2D eigenvalue weighted by atomic mass is 10.1. The van der Waals surface area contributed by atoms with Crippen molar-refractivity contribution in [3.8, 4) is 0 Å². The molecule has 1 N–H and O–H groups in total. The van der Waals surface area contributed by atoms with Crippen LogP contribution in [-0.2, 0) is 6.18 Å². The first-order chi connectivity index (χ1) is 9.79. The Balaban J connectivity index is 2.27. The number of benzene rings is 1. The molecule has 1 aromatic carbocycles. The molecule has 0 amide bonds. The van der Waals surface area contributed by atoms with Crippen LogP contribution >= 0.6 is 0 Å². The van der Waals surface area contributed by atoms with Crippen LogP contribution in [0.25, 0.3) is 0 Å². The van der Waals surface area contributed by atoms with Crippen molar-refractivity contribution in [1.82, 2.24) is 5.32 Å². The van der Waals surface area contributed by atoms with E-state index in [1.165, 1.54) is 0 Å². The standard InChI is InChI=1S/C13H16F3N3O2/c1-18(8-10-3-2-6-17-10)11-5-4-9(13(14,15)16)7-12(11)19(20)21/h4-5,7,10,17H,2-3,6,8H2,1H3. The van der Waals surface area contributed by atoms with E-state index < -0.39 is 22.4 Å². The Kier molecular flexibility index (Phi) is 4.36. The van der Waals surface area contributed by atoms with Gasteiger partial charge in [0, 0.05) is 25.7 Å². The molecule has 1 aliphatic heterocycles. The molecule has 0 aromatic heterocycles. The molecular weight excluding hydrogens is 287 g/mol. The first-order valence-corrected chi connectivity index (χ1v) is 6.59. The molecule has 1 atom stereocenters. The molecule has 5 nitrogen and oxygen atoms in total. The number of halogens is 3. The van der Waals surface area contributed by atoms with Gasteiger partial charge in [0.05, 0.1) is 10.5 Å². The number of anilines is 1. The fourth-order valence-electron chi connectivity index (χ4n) is 2.51. The lowest BCUT2D eigenvalue weighted by Crippen LogP contribution is -2.35. The second-order valence-corrected chi connectivity index (χ2v) is 5.13. The predicted octanol–water partition coefficient (Wildman–Crippen LogP) is 2.80. The minimum atomic E-state index is -4.59. The lowest BCUT2D eigenvalue weighted by molar-refractivity contribution is -0.384. The smallest absolute Gasteiger partial charge is 0.367 e. The summed E-state index contributed by atoms with van der Waals surface area (Å²) >= 11 is 0. The van der Waals surface area contributed by atoms with E-state index in [-0.39, 0.29) is 11.7 Å². The number of likely N-dealkylation sites (N-methyl/N-ethyl adjacent to an activating group) is 1. The van der Waals surface area contributed by atoms with Crippen LogP contribution in [0.1, 0.15) is 18.4 Å². The molecule has 116 valence electrons. The van der Waals surface area contributed by atoms with Crippen LogP contribution in [0.15, 0.2) is 18.2 Å². The number of nitrogens with one attached hydrogen (secondary N) is 1. The fraction of sp³-hybridized carbons (Fsp3) is 0.538. The summed E-state index contributed by atoms with van der Waals surface area (Å²) in [5.41, 5.74) is -1.34. The highest BCUT2D eigenvalue weighted by atomic mass is 19.4. The zero-order chi connectivity index (χ0) is 15.6. The van der Waals surface area contributed by atoms with Gasteiger partial charge in [-0.1, -0.05) is 0 Å². The van der Waals surface area contributed by atoms with E-state index in [0.29, 0.717) is 12.6 Å². The molecule has 1 aliphatic rings. The largest absolute Gasteiger partial charge is 0.416 e. The third-order valence-corrected chi connectivity index (χ3v) is 3.57. The second-order valence-electron chi connectivity index (χ2n) is 5.13. The Bertz CT molecular complexity index is 528. The number of alkyl halides is 3. The van der Waals surface area contributed by atoms with E-state index in [9.17, 15) is 23.3 Å². The molecule has 0 bridgehead atoms. The van der Waals surface area contributed by atoms with Gasteiger partial charge in [0.2, 0.25) is 0 Å². The fourth-order valence-corrected chi connectivity index (χ4v) is 2.51. The van der Waals surface area contributed by atoms with Gasteiger partial charge in [0.1, 0.15) is 5.69 Å². The SMILES string of the molecule is CN(CC1CCCN1)c1ccc(C(F)(F)F)cc1[N+](=O)[O-]. The minimum absolute atomic E-state index is 0.196. The summed E-state index contributed by atoms with van der Waals surface area (Å²) in [6.07, 6.45) is -2.60. The topological polar surface area (TPSA) is 58.4 Å². The highest BCUT2D eigenvalue weighted by molar-refractivity contribution is 5.64. The van der Waals surface area contributed by atoms with Gasteiger partial charge in [-0.25, -0.2) is 0 Å². The van der Waals surface area contributed by atoms with E-state index in [1.54, 1.807) is 11.9 Å². The third kappa shape index (κ3) is 3.63. The predicted molar refractivity (Wildman–Crippen MR) is 72.4 cm³/mol. The minimum Gasteiger partial charge on any atom is -0.367 e. The van der Waals surface area contributed by atoms with Crippen molar-refractivity contribution in [2.24, 2.45) is 0 Å². The maximum Gasteiger partial charge on any atom is 0.416 e. The van der Waals surface area contributed by atoms with Gasteiger partial charge in [-0.15, -0.1) is 0 Å². The molecule has 1 unspecified atom stereocenters. The first kappa shape index (κ1) is 15.6. The van der Waals surface area contributed by atoms with Crippen molar-refractivity contribution in [1.29, 1.82) is 0 Å². The number of nitro benzene ring substituents is 1. The van der Waals surface area contributed by atoms with Crippen molar-refractivity contribution in [3.63, 3.8) is 0 Å². The highest BCUT2D eigenvalue weighted by Crippen LogP contribution is 2.36. The van der Waals surface area contributed by atoms with E-state index in [1.807, 2.05) is 0 Å². The summed E-state index contributed by atoms with van der Waals surface area (Å²) in [7, 11) is 1.65. The average molecular weight is 303 g/mol. The van der Waals surface area contributed by atoms with Gasteiger partial charge in [-0.3, -0.25) is 10.1 Å². The molecule has 1 saturated heterocycles. The van der Waals surface area contributed by atoms with Crippen molar-refractivity contribution in [2.75, 3.05) is 25.0 Å². The van der Waals surface area contributed by atoms with Crippen LogP contribution in [0.5, 0.6) is 0 Å². The van der Waals surface area contributed by atoms with E-state index in [4.69, 9.17) is 0 Å². The molecule has 1 aromatic rings. The van der Waals surface area contributed by atoms with Crippen molar-refractivity contribution in [2.45, 2.75) is 25.1 Å². The molecule has 2 rings (SSSR count). The highest BCUT2D eigenvalue weighted by Gasteiger charge is 2.33. The van der Waals surface area contributed by atoms with Gasteiger partial charge in [-0.2, -0.15) is 13.2 Å². The molecule has 8 heteroatoms. The molecule has 0 radical (unpaired) electrons. The quantitative estimate of drug-likeness (QED) is 0.686. The maximum absolute atomic E-state index is 12.6. The lowest BCUT2D eigenvalue weighted by Gasteiger charge is -2.23. The van der Waals surface area contributed by atoms with E-state index in [0.717, 1.165) is 31.5 Å². The Hall–Kier alpha value is -1.83. The summed E-state index contributed by atoms with van der Waals surface area (Å²) in [5.74, 6) is 0. The van der Waals surface area contributed by atoms with Crippen LogP contribution < -0.4 is 10.2 Å². The van der Waals surface area contributed by atoms with Crippen molar-refractivity contribution >= 4 is 11.4 Å². The number of hydrogen-bond donors (Lipinski definition) is 1. The Labute approximate surface area is 119 Å². The first-order valence-electron chi connectivity index (χ1n) is 6.59. The van der Waals surface area contributed by atoms with Crippen molar-refractivity contribution < 1.29 is 18.1 Å². The second kappa shape index (κ2) is 5.88.